The third-order valence-electron chi connectivity index (χ3n) is 5.81. The van der Waals surface area contributed by atoms with Gasteiger partial charge in [0.25, 0.3) is 0 Å². The molecular weight excluding hydrogens is 432 g/mol. The molecule has 0 fully saturated rings. The fourth-order valence-electron chi connectivity index (χ4n) is 4.18. The highest BCUT2D eigenvalue weighted by Crippen LogP contribution is 2.42. The van der Waals surface area contributed by atoms with Gasteiger partial charge in [0, 0.05) is 17.5 Å². The molecule has 5 rings (SSSR count). The van der Waals surface area contributed by atoms with Crippen LogP contribution in [-0.4, -0.2) is 30.9 Å². The molecule has 8 heteroatoms. The van der Waals surface area contributed by atoms with E-state index in [1.807, 2.05) is 67.2 Å². The maximum absolute atomic E-state index is 13.4. The molecule has 2 aromatic carbocycles. The van der Waals surface area contributed by atoms with Crippen LogP contribution in [0.2, 0.25) is 0 Å². The van der Waals surface area contributed by atoms with Gasteiger partial charge in [-0.1, -0.05) is 67.6 Å². The van der Waals surface area contributed by atoms with Crippen molar-refractivity contribution in [2.45, 2.75) is 19.8 Å². The van der Waals surface area contributed by atoms with Gasteiger partial charge in [0.05, 0.1) is 17.1 Å². The Morgan fingerprint density at radius 3 is 2.58 bits per heavy atom. The van der Waals surface area contributed by atoms with E-state index in [1.165, 1.54) is 11.3 Å². The predicted molar refractivity (Wildman–Crippen MR) is 129 cm³/mol. The quantitative estimate of drug-likeness (QED) is 0.387. The first kappa shape index (κ1) is 21.0. The molecule has 5 aromatic rings. The summed E-state index contributed by atoms with van der Waals surface area (Å²) in [4.78, 5) is 17.8. The van der Waals surface area contributed by atoms with E-state index in [0.717, 1.165) is 27.8 Å². The molecule has 3 heterocycles. The average molecular weight is 455 g/mol. The minimum absolute atomic E-state index is 0.114. The number of carbonyl (C=O) groups is 1. The van der Waals surface area contributed by atoms with Gasteiger partial charge in [-0.05, 0) is 35.4 Å². The van der Waals surface area contributed by atoms with Gasteiger partial charge < -0.3 is 5.32 Å². The second-order valence-corrected chi connectivity index (χ2v) is 9.16. The van der Waals surface area contributed by atoms with Crippen molar-refractivity contribution >= 4 is 33.3 Å². The molecular formula is C25H22N6OS. The van der Waals surface area contributed by atoms with Crippen molar-refractivity contribution in [3.05, 3.63) is 95.8 Å². The monoisotopic (exact) mass is 454 g/mol. The Kier molecular flexibility index (Phi) is 5.43. The lowest BCUT2D eigenvalue weighted by atomic mass is 9.70. The van der Waals surface area contributed by atoms with Crippen molar-refractivity contribution in [2.24, 2.45) is 5.41 Å². The van der Waals surface area contributed by atoms with E-state index < -0.39 is 5.41 Å². The highest BCUT2D eigenvalue weighted by molar-refractivity contribution is 7.13. The van der Waals surface area contributed by atoms with Crippen molar-refractivity contribution in [3.8, 4) is 5.82 Å². The lowest BCUT2D eigenvalue weighted by Crippen LogP contribution is -2.37. The third-order valence-corrected chi connectivity index (χ3v) is 6.42. The molecule has 1 amide bonds. The second kappa shape index (κ2) is 8.55. The number of hydrogen-bond donors (Lipinski definition) is 1. The smallest absolute Gasteiger partial charge is 0.232 e. The summed E-state index contributed by atoms with van der Waals surface area (Å²) in [6, 6.07) is 22.1. The fourth-order valence-corrected chi connectivity index (χ4v) is 4.62. The van der Waals surface area contributed by atoms with Crippen molar-refractivity contribution in [2.75, 3.05) is 5.32 Å². The molecule has 0 saturated carbocycles. The maximum atomic E-state index is 13.4. The first-order valence-electron chi connectivity index (χ1n) is 10.6. The van der Waals surface area contributed by atoms with Crippen LogP contribution in [0, 0.1) is 5.41 Å². The van der Waals surface area contributed by atoms with E-state index in [2.05, 4.69) is 49.9 Å². The van der Waals surface area contributed by atoms with E-state index in [0.29, 0.717) is 5.13 Å². The molecule has 0 bridgehead atoms. The van der Waals surface area contributed by atoms with Crippen LogP contribution in [0.1, 0.15) is 30.9 Å². The number of carbonyl (C=O) groups excluding carboxylic acids is 1. The summed E-state index contributed by atoms with van der Waals surface area (Å²) in [6.07, 6.45) is 3.59. The van der Waals surface area contributed by atoms with Crippen molar-refractivity contribution in [1.82, 2.24) is 25.0 Å². The number of anilines is 1. The zero-order valence-corrected chi connectivity index (χ0v) is 19.0. The fraction of sp³-hybridized carbons (Fsp3) is 0.160. The second-order valence-electron chi connectivity index (χ2n) is 8.33. The zero-order valence-electron chi connectivity index (χ0n) is 18.2. The standard InChI is InChI=1S/C25H22N6OS/c1-25(2,23(32)29-24-30-27-16-33-24)22(17-8-4-3-5-9-17)18-11-12-20-19(14-18)15-28-31(20)21-10-6-7-13-26-21/h3-16,22H,1-2H3,(H,29,30,32). The summed E-state index contributed by atoms with van der Waals surface area (Å²) in [7, 11) is 0. The average Bonchev–Trinajstić information content (AvgIpc) is 3.50. The molecule has 3 aromatic heterocycles. The van der Waals surface area contributed by atoms with Crippen molar-refractivity contribution in [3.63, 3.8) is 0 Å². The number of rotatable bonds is 6. The molecule has 1 N–H and O–H groups in total. The lowest BCUT2D eigenvalue weighted by Gasteiger charge is -2.33. The molecule has 7 nitrogen and oxygen atoms in total. The molecule has 164 valence electrons. The lowest BCUT2D eigenvalue weighted by molar-refractivity contribution is -0.124. The van der Waals surface area contributed by atoms with Gasteiger partial charge in [0.2, 0.25) is 11.0 Å². The minimum Gasteiger partial charge on any atom is -0.300 e. The molecule has 0 aliphatic heterocycles. The SMILES string of the molecule is CC(C)(C(=O)Nc1nncs1)C(c1ccccc1)c1ccc2c(cnn2-c2ccccn2)c1. The van der Waals surface area contributed by atoms with E-state index >= 15 is 0 Å². The molecule has 0 saturated heterocycles. The molecule has 1 atom stereocenters. The molecule has 0 spiro atoms. The summed E-state index contributed by atoms with van der Waals surface area (Å²) >= 11 is 1.30. The molecule has 0 aliphatic carbocycles. The number of hydrogen-bond acceptors (Lipinski definition) is 6. The molecule has 0 aliphatic rings. The Labute approximate surface area is 195 Å². The van der Waals surface area contributed by atoms with Crippen LogP contribution in [0.5, 0.6) is 0 Å². The summed E-state index contributed by atoms with van der Waals surface area (Å²) in [5, 5.41) is 16.7. The number of nitrogens with zero attached hydrogens (tertiary/aromatic N) is 5. The Balaban J connectivity index is 1.58. The number of benzene rings is 2. The van der Waals surface area contributed by atoms with E-state index in [9.17, 15) is 4.79 Å². The molecule has 1 unspecified atom stereocenters. The van der Waals surface area contributed by atoms with Crippen molar-refractivity contribution < 1.29 is 4.79 Å². The van der Waals surface area contributed by atoms with Gasteiger partial charge in [-0.15, -0.1) is 10.2 Å². The van der Waals surface area contributed by atoms with Gasteiger partial charge >= 0.3 is 0 Å². The summed E-state index contributed by atoms with van der Waals surface area (Å²) in [6.45, 7) is 3.92. The Morgan fingerprint density at radius 1 is 1.03 bits per heavy atom. The largest absolute Gasteiger partial charge is 0.300 e. The number of fused-ring (bicyclic) bond motifs is 1. The van der Waals surface area contributed by atoms with Crippen LogP contribution < -0.4 is 5.32 Å². The highest BCUT2D eigenvalue weighted by Gasteiger charge is 2.39. The molecule has 33 heavy (non-hydrogen) atoms. The van der Waals surface area contributed by atoms with Gasteiger partial charge in [0.15, 0.2) is 5.82 Å². The van der Waals surface area contributed by atoms with Crippen LogP contribution in [0.3, 0.4) is 0 Å². The molecule has 0 radical (unpaired) electrons. The number of nitrogens with one attached hydrogen (secondary N) is 1. The highest BCUT2D eigenvalue weighted by atomic mass is 32.1. The van der Waals surface area contributed by atoms with E-state index in [1.54, 1.807) is 11.7 Å². The Hall–Kier alpha value is -3.91. The summed E-state index contributed by atoms with van der Waals surface area (Å²) < 4.78 is 1.82. The number of aromatic nitrogens is 5. The zero-order chi connectivity index (χ0) is 22.8. The van der Waals surface area contributed by atoms with Crippen LogP contribution in [0.25, 0.3) is 16.7 Å². The summed E-state index contributed by atoms with van der Waals surface area (Å²) in [5.41, 5.74) is 3.89. The van der Waals surface area contributed by atoms with Crippen LogP contribution in [-0.2, 0) is 4.79 Å². The number of amides is 1. The van der Waals surface area contributed by atoms with E-state index in [-0.39, 0.29) is 11.8 Å². The normalized spacial score (nSPS) is 12.5. The van der Waals surface area contributed by atoms with Crippen LogP contribution in [0.4, 0.5) is 5.13 Å². The van der Waals surface area contributed by atoms with Gasteiger partial charge in [-0.25, -0.2) is 9.67 Å². The van der Waals surface area contributed by atoms with E-state index in [4.69, 9.17) is 0 Å². The topological polar surface area (TPSA) is 85.6 Å². The first-order chi connectivity index (χ1) is 16.0. The maximum Gasteiger partial charge on any atom is 0.232 e. The predicted octanol–water partition coefficient (Wildman–Crippen LogP) is 5.07. The minimum atomic E-state index is -0.766. The van der Waals surface area contributed by atoms with Gasteiger partial charge in [-0.3, -0.25) is 4.79 Å². The first-order valence-corrected chi connectivity index (χ1v) is 11.4. The van der Waals surface area contributed by atoms with Crippen LogP contribution in [0.15, 0.2) is 84.6 Å². The third kappa shape index (κ3) is 4.01. The van der Waals surface area contributed by atoms with Gasteiger partial charge in [0.1, 0.15) is 5.51 Å². The Morgan fingerprint density at radius 2 is 1.85 bits per heavy atom. The Bertz CT molecular complexity index is 1380. The summed E-state index contributed by atoms with van der Waals surface area (Å²) in [5.74, 6) is 0.461. The number of pyridine rings is 1. The van der Waals surface area contributed by atoms with Crippen LogP contribution >= 0.6 is 11.3 Å². The van der Waals surface area contributed by atoms with Gasteiger partial charge in [-0.2, -0.15) is 5.10 Å². The van der Waals surface area contributed by atoms with Crippen molar-refractivity contribution in [1.29, 1.82) is 0 Å².